The van der Waals surface area contributed by atoms with E-state index in [-0.39, 0.29) is 0 Å². The van der Waals surface area contributed by atoms with E-state index in [9.17, 15) is 0 Å². The number of rotatable bonds is 4. The van der Waals surface area contributed by atoms with Gasteiger partial charge in [-0.25, -0.2) is 0 Å². The molecule has 0 amide bonds. The molecule has 0 fully saturated rings. The molecule has 0 saturated carbocycles. The van der Waals surface area contributed by atoms with Crippen LogP contribution in [-0.4, -0.2) is 0 Å². The second-order valence-electron chi connectivity index (χ2n) is 12.5. The van der Waals surface area contributed by atoms with Gasteiger partial charge in [0.1, 0.15) is 0 Å². The van der Waals surface area contributed by atoms with Crippen LogP contribution >= 0.6 is 22.7 Å². The third kappa shape index (κ3) is 4.49. The van der Waals surface area contributed by atoms with Crippen LogP contribution in [0.15, 0.2) is 170 Å². The van der Waals surface area contributed by atoms with Crippen molar-refractivity contribution in [3.05, 3.63) is 170 Å². The normalized spacial score (nSPS) is 11.8. The average Bonchev–Trinajstić information content (AvgIpc) is 3.69. The van der Waals surface area contributed by atoms with Gasteiger partial charge < -0.3 is 0 Å². The van der Waals surface area contributed by atoms with Crippen LogP contribution in [0.4, 0.5) is 0 Å². The van der Waals surface area contributed by atoms with Crippen molar-refractivity contribution in [1.82, 2.24) is 0 Å². The van der Waals surface area contributed by atoms with Gasteiger partial charge in [0, 0.05) is 20.2 Å². The average molecular weight is 645 g/mol. The molecule has 0 spiro atoms. The van der Waals surface area contributed by atoms with Gasteiger partial charge >= 0.3 is 0 Å². The van der Waals surface area contributed by atoms with Crippen LogP contribution in [0.5, 0.6) is 0 Å². The van der Waals surface area contributed by atoms with Crippen LogP contribution in [0.2, 0.25) is 0 Å². The molecule has 0 N–H and O–H groups in total. The number of benzene rings is 8. The summed E-state index contributed by atoms with van der Waals surface area (Å²) in [5.41, 5.74) is 10.1. The molecule has 2 heteroatoms. The maximum atomic E-state index is 2.38. The highest BCUT2D eigenvalue weighted by atomic mass is 32.1. The zero-order valence-corrected chi connectivity index (χ0v) is 27.6. The molecule has 0 saturated heterocycles. The Labute approximate surface area is 286 Å². The summed E-state index contributed by atoms with van der Waals surface area (Å²) < 4.78 is 5.47. The van der Waals surface area contributed by atoms with E-state index < -0.39 is 0 Å². The molecule has 0 aliphatic carbocycles. The smallest absolute Gasteiger partial charge is 0.0542 e. The molecule has 0 nitrogen and oxygen atoms in total. The van der Waals surface area contributed by atoms with Gasteiger partial charge in [-0.1, -0.05) is 146 Å². The minimum atomic E-state index is 1.25. The predicted molar refractivity (Wildman–Crippen MR) is 211 cm³/mol. The van der Waals surface area contributed by atoms with Crippen LogP contribution in [0.25, 0.3) is 95.6 Å². The molecule has 2 aromatic heterocycles. The standard InChI is InChI=1S/C46H28S2/c1-3-17-37-29(9-1)11-7-19-39(37)35-15-5-13-31(25-35)33-21-23-41-43(27-33)47-46-42-24-22-34(28-44(42)48-45(41)46)32-14-6-16-36(26-32)40-20-8-12-30-10-2-4-18-38(30)40/h1-28H. The highest BCUT2D eigenvalue weighted by Crippen LogP contribution is 2.46. The fraction of sp³-hybridized carbons (Fsp3) is 0. The van der Waals surface area contributed by atoms with Gasteiger partial charge in [0.2, 0.25) is 0 Å². The largest absolute Gasteiger partial charge is 0.134 e. The lowest BCUT2D eigenvalue weighted by molar-refractivity contribution is 1.62. The van der Waals surface area contributed by atoms with Crippen LogP contribution in [0, 0.1) is 0 Å². The van der Waals surface area contributed by atoms with E-state index in [1.807, 2.05) is 22.7 Å². The zero-order valence-electron chi connectivity index (χ0n) is 26.0. The minimum Gasteiger partial charge on any atom is -0.134 e. The third-order valence-electron chi connectivity index (χ3n) is 9.68. The Balaban J connectivity index is 1.01. The molecular formula is C46H28S2. The number of hydrogen-bond donors (Lipinski definition) is 0. The van der Waals surface area contributed by atoms with E-state index in [4.69, 9.17) is 0 Å². The highest BCUT2D eigenvalue weighted by Gasteiger charge is 2.15. The molecule has 48 heavy (non-hydrogen) atoms. The maximum Gasteiger partial charge on any atom is 0.0542 e. The molecule has 0 unspecified atom stereocenters. The minimum absolute atomic E-state index is 1.25. The van der Waals surface area contributed by atoms with Gasteiger partial charge in [-0.2, -0.15) is 0 Å². The summed E-state index contributed by atoms with van der Waals surface area (Å²) in [6.45, 7) is 0. The molecule has 0 bridgehead atoms. The van der Waals surface area contributed by atoms with Crippen LogP contribution in [-0.2, 0) is 0 Å². The molecule has 10 rings (SSSR count). The summed E-state index contributed by atoms with van der Waals surface area (Å²) in [5.74, 6) is 0. The van der Waals surface area contributed by atoms with E-state index in [1.165, 1.54) is 95.6 Å². The topological polar surface area (TPSA) is 0 Å². The number of thiophene rings is 2. The van der Waals surface area contributed by atoms with Crippen molar-refractivity contribution in [2.45, 2.75) is 0 Å². The Morgan fingerprint density at radius 1 is 0.271 bits per heavy atom. The van der Waals surface area contributed by atoms with E-state index in [2.05, 4.69) is 170 Å². The Bertz CT molecular complexity index is 2640. The van der Waals surface area contributed by atoms with Crippen LogP contribution in [0.1, 0.15) is 0 Å². The third-order valence-corrected chi connectivity index (χ3v) is 12.2. The molecule has 0 radical (unpaired) electrons. The Morgan fingerprint density at radius 2 is 0.667 bits per heavy atom. The first-order valence-electron chi connectivity index (χ1n) is 16.3. The summed E-state index contributed by atoms with van der Waals surface area (Å²) in [6, 6.07) is 62.4. The van der Waals surface area contributed by atoms with E-state index in [1.54, 1.807) is 0 Å². The van der Waals surface area contributed by atoms with Crippen molar-refractivity contribution in [1.29, 1.82) is 0 Å². The molecule has 0 aliphatic rings. The van der Waals surface area contributed by atoms with E-state index >= 15 is 0 Å². The maximum absolute atomic E-state index is 2.38. The fourth-order valence-electron chi connectivity index (χ4n) is 7.30. The Morgan fingerprint density at radius 3 is 1.17 bits per heavy atom. The summed E-state index contributed by atoms with van der Waals surface area (Å²) >= 11 is 3.84. The summed E-state index contributed by atoms with van der Waals surface area (Å²) in [7, 11) is 0. The molecular weight excluding hydrogens is 617 g/mol. The summed E-state index contributed by atoms with van der Waals surface area (Å²) in [5, 5.41) is 7.83. The molecule has 2 heterocycles. The molecule has 0 aliphatic heterocycles. The first-order chi connectivity index (χ1) is 23.8. The fourth-order valence-corrected chi connectivity index (χ4v) is 10.0. The molecule has 8 aromatic carbocycles. The van der Waals surface area contributed by atoms with Crippen molar-refractivity contribution in [3.8, 4) is 44.5 Å². The quantitative estimate of drug-likeness (QED) is 0.179. The van der Waals surface area contributed by atoms with Gasteiger partial charge in [-0.05, 0) is 90.3 Å². The van der Waals surface area contributed by atoms with E-state index in [0.29, 0.717) is 0 Å². The Kier molecular flexibility index (Phi) is 6.33. The van der Waals surface area contributed by atoms with Crippen LogP contribution in [0.3, 0.4) is 0 Å². The SMILES string of the molecule is c1cc(-c2ccc3c(c2)sc2c4ccc(-c5cccc(-c6cccc7ccccc67)c5)cc4sc32)cc(-c2cccc3ccccc23)c1. The lowest BCUT2D eigenvalue weighted by Gasteiger charge is -2.09. The van der Waals surface area contributed by atoms with Gasteiger partial charge in [-0.3, -0.25) is 0 Å². The van der Waals surface area contributed by atoms with Gasteiger partial charge in [-0.15, -0.1) is 22.7 Å². The number of fused-ring (bicyclic) bond motifs is 7. The number of hydrogen-bond acceptors (Lipinski definition) is 2. The van der Waals surface area contributed by atoms with Gasteiger partial charge in [0.25, 0.3) is 0 Å². The molecule has 10 aromatic rings. The van der Waals surface area contributed by atoms with Crippen LogP contribution < -0.4 is 0 Å². The first-order valence-corrected chi connectivity index (χ1v) is 18.0. The van der Waals surface area contributed by atoms with Gasteiger partial charge in [0.15, 0.2) is 0 Å². The van der Waals surface area contributed by atoms with Gasteiger partial charge in [0.05, 0.1) is 9.40 Å². The monoisotopic (exact) mass is 644 g/mol. The Hall–Kier alpha value is -5.54. The predicted octanol–water partition coefficient (Wildman–Crippen LogP) is 14.2. The lowest BCUT2D eigenvalue weighted by Crippen LogP contribution is -1.83. The summed E-state index contributed by atoms with van der Waals surface area (Å²) in [6.07, 6.45) is 0. The van der Waals surface area contributed by atoms with Crippen molar-refractivity contribution < 1.29 is 0 Å². The summed E-state index contributed by atoms with van der Waals surface area (Å²) in [4.78, 5) is 0. The molecule has 224 valence electrons. The van der Waals surface area contributed by atoms with Crippen molar-refractivity contribution in [2.24, 2.45) is 0 Å². The zero-order chi connectivity index (χ0) is 31.6. The first kappa shape index (κ1) is 27.6. The second kappa shape index (κ2) is 11.0. The van der Waals surface area contributed by atoms with Crippen molar-refractivity contribution in [2.75, 3.05) is 0 Å². The molecule has 0 atom stereocenters. The lowest BCUT2D eigenvalue weighted by atomic mass is 9.95. The van der Waals surface area contributed by atoms with Crippen molar-refractivity contribution in [3.63, 3.8) is 0 Å². The van der Waals surface area contributed by atoms with Crippen molar-refractivity contribution >= 4 is 73.8 Å². The highest BCUT2D eigenvalue weighted by molar-refractivity contribution is 7.36. The van der Waals surface area contributed by atoms with E-state index in [0.717, 1.165) is 0 Å². The second-order valence-corrected chi connectivity index (χ2v) is 14.6.